The molecule has 0 aromatic carbocycles. The molecule has 0 aliphatic heterocycles. The second-order valence-electron chi connectivity index (χ2n) is 4.66. The predicted molar refractivity (Wildman–Crippen MR) is 80.5 cm³/mol. The molecule has 1 saturated carbocycles. The summed E-state index contributed by atoms with van der Waals surface area (Å²) < 4.78 is 0. The smallest absolute Gasteiger partial charge is 0.223 e. The highest BCUT2D eigenvalue weighted by atomic mass is 35.5. The molecule has 108 valence electrons. The first-order valence-electron chi connectivity index (χ1n) is 6.19. The van der Waals surface area contributed by atoms with Crippen LogP contribution in [0.1, 0.15) is 31.4 Å². The highest BCUT2D eigenvalue weighted by Crippen LogP contribution is 2.23. The molecule has 1 heterocycles. The number of hydrogen-bond donors (Lipinski definition) is 2. The van der Waals surface area contributed by atoms with Gasteiger partial charge < -0.3 is 11.1 Å². The Hall–Kier alpha value is -0.840. The third-order valence-corrected chi connectivity index (χ3v) is 3.26. The van der Waals surface area contributed by atoms with Crippen molar-refractivity contribution in [1.82, 2.24) is 10.3 Å². The minimum Gasteiger partial charge on any atom is -0.350 e. The number of carbonyl (C=O) groups is 1. The van der Waals surface area contributed by atoms with E-state index in [1.54, 1.807) is 6.20 Å². The lowest BCUT2D eigenvalue weighted by molar-refractivity contribution is -0.126. The molecule has 2 atom stereocenters. The molecule has 19 heavy (non-hydrogen) atoms. The van der Waals surface area contributed by atoms with Crippen LogP contribution in [-0.2, 0) is 11.3 Å². The van der Waals surface area contributed by atoms with Crippen LogP contribution in [0.4, 0.5) is 0 Å². The van der Waals surface area contributed by atoms with Crippen molar-refractivity contribution in [3.8, 4) is 0 Å². The van der Waals surface area contributed by atoms with Crippen LogP contribution in [0.15, 0.2) is 24.4 Å². The highest BCUT2D eigenvalue weighted by molar-refractivity contribution is 5.85. The average Bonchev–Trinajstić information content (AvgIpc) is 2.37. The van der Waals surface area contributed by atoms with Crippen molar-refractivity contribution in [3.63, 3.8) is 0 Å². The van der Waals surface area contributed by atoms with E-state index in [0.29, 0.717) is 6.54 Å². The van der Waals surface area contributed by atoms with Crippen molar-refractivity contribution < 1.29 is 4.79 Å². The summed E-state index contributed by atoms with van der Waals surface area (Å²) in [6.45, 7) is 0.505. The number of nitrogens with zero attached hydrogens (tertiary/aromatic N) is 1. The van der Waals surface area contributed by atoms with E-state index < -0.39 is 0 Å². The molecule has 1 aliphatic carbocycles. The Labute approximate surface area is 126 Å². The fourth-order valence-corrected chi connectivity index (χ4v) is 2.29. The lowest BCUT2D eigenvalue weighted by atomic mass is 9.85. The minimum absolute atomic E-state index is 0. The zero-order valence-electron chi connectivity index (χ0n) is 10.7. The summed E-state index contributed by atoms with van der Waals surface area (Å²) in [4.78, 5) is 16.1. The molecule has 1 fully saturated rings. The van der Waals surface area contributed by atoms with Gasteiger partial charge in [0.25, 0.3) is 0 Å². The number of halogens is 2. The summed E-state index contributed by atoms with van der Waals surface area (Å²) in [6.07, 6.45) is 5.61. The number of amides is 1. The van der Waals surface area contributed by atoms with Gasteiger partial charge in [0.2, 0.25) is 5.91 Å². The summed E-state index contributed by atoms with van der Waals surface area (Å²) in [7, 11) is 0. The van der Waals surface area contributed by atoms with Crippen LogP contribution in [0.3, 0.4) is 0 Å². The fraction of sp³-hybridized carbons (Fsp3) is 0.538. The Balaban J connectivity index is 0.00000162. The van der Waals surface area contributed by atoms with Crippen LogP contribution in [0.25, 0.3) is 0 Å². The molecule has 2 rings (SSSR count). The molecule has 0 saturated heterocycles. The van der Waals surface area contributed by atoms with Crippen molar-refractivity contribution in [2.75, 3.05) is 0 Å². The maximum atomic E-state index is 11.9. The summed E-state index contributed by atoms with van der Waals surface area (Å²) >= 11 is 0. The molecule has 4 nitrogen and oxygen atoms in total. The van der Waals surface area contributed by atoms with E-state index in [1.807, 2.05) is 18.2 Å². The third kappa shape index (κ3) is 5.76. The van der Waals surface area contributed by atoms with Crippen LogP contribution >= 0.6 is 24.8 Å². The zero-order chi connectivity index (χ0) is 12.1. The molecule has 0 spiro atoms. The minimum atomic E-state index is 0. The molecule has 6 heteroatoms. The van der Waals surface area contributed by atoms with Gasteiger partial charge in [-0.05, 0) is 31.4 Å². The lowest BCUT2D eigenvalue weighted by Crippen LogP contribution is -2.37. The third-order valence-electron chi connectivity index (χ3n) is 3.26. The number of nitrogens with one attached hydrogen (secondary N) is 1. The van der Waals surface area contributed by atoms with Gasteiger partial charge in [-0.1, -0.05) is 12.5 Å². The van der Waals surface area contributed by atoms with E-state index in [4.69, 9.17) is 5.73 Å². The molecule has 0 bridgehead atoms. The van der Waals surface area contributed by atoms with Gasteiger partial charge in [-0.15, -0.1) is 24.8 Å². The fourth-order valence-electron chi connectivity index (χ4n) is 2.29. The van der Waals surface area contributed by atoms with Crippen molar-refractivity contribution in [3.05, 3.63) is 30.1 Å². The Morgan fingerprint density at radius 3 is 2.79 bits per heavy atom. The highest BCUT2D eigenvalue weighted by Gasteiger charge is 2.24. The number of rotatable bonds is 3. The van der Waals surface area contributed by atoms with Gasteiger partial charge >= 0.3 is 0 Å². The summed E-state index contributed by atoms with van der Waals surface area (Å²) in [5.41, 5.74) is 6.77. The Bertz CT molecular complexity index is 375. The Kier molecular flexibility index (Phi) is 8.72. The molecule has 3 N–H and O–H groups in total. The van der Waals surface area contributed by atoms with E-state index in [9.17, 15) is 4.79 Å². The van der Waals surface area contributed by atoms with Crippen molar-refractivity contribution >= 4 is 30.7 Å². The standard InChI is InChI=1S/C13H19N3O.2ClH/c14-11-5-3-4-10(8-11)13(17)16-9-12-6-1-2-7-15-12;;/h1-2,6-7,10-11H,3-5,8-9,14H2,(H,16,17);2*1H. The number of pyridine rings is 1. The number of aromatic nitrogens is 1. The Morgan fingerprint density at radius 2 is 2.16 bits per heavy atom. The van der Waals surface area contributed by atoms with Gasteiger partial charge in [0.1, 0.15) is 0 Å². The predicted octanol–water partition coefficient (Wildman–Crippen LogP) is 2.06. The SMILES string of the molecule is Cl.Cl.NC1CCCC(C(=O)NCc2ccccn2)C1. The first kappa shape index (κ1) is 18.2. The molecule has 1 amide bonds. The van der Waals surface area contributed by atoms with E-state index in [0.717, 1.165) is 31.4 Å². The normalized spacial score (nSPS) is 21.7. The topological polar surface area (TPSA) is 68.0 Å². The van der Waals surface area contributed by atoms with Gasteiger partial charge in [0.05, 0.1) is 12.2 Å². The van der Waals surface area contributed by atoms with Crippen molar-refractivity contribution in [1.29, 1.82) is 0 Å². The zero-order valence-corrected chi connectivity index (χ0v) is 12.4. The molecular weight excluding hydrogens is 285 g/mol. The first-order chi connectivity index (χ1) is 8.25. The summed E-state index contributed by atoms with van der Waals surface area (Å²) in [5.74, 6) is 0.202. The maximum absolute atomic E-state index is 11.9. The molecular formula is C13H21Cl2N3O. The molecule has 1 aromatic rings. The van der Waals surface area contributed by atoms with Crippen molar-refractivity contribution in [2.24, 2.45) is 11.7 Å². The van der Waals surface area contributed by atoms with Crippen LogP contribution in [0.2, 0.25) is 0 Å². The molecule has 2 unspecified atom stereocenters. The van der Waals surface area contributed by atoms with E-state index in [1.165, 1.54) is 0 Å². The lowest BCUT2D eigenvalue weighted by Gasteiger charge is -2.25. The summed E-state index contributed by atoms with van der Waals surface area (Å²) in [6, 6.07) is 5.89. The van der Waals surface area contributed by atoms with Gasteiger partial charge in [-0.25, -0.2) is 0 Å². The van der Waals surface area contributed by atoms with Crippen LogP contribution in [0, 0.1) is 5.92 Å². The first-order valence-corrected chi connectivity index (χ1v) is 6.19. The van der Waals surface area contributed by atoms with Gasteiger partial charge in [0.15, 0.2) is 0 Å². The van der Waals surface area contributed by atoms with E-state index >= 15 is 0 Å². The maximum Gasteiger partial charge on any atom is 0.223 e. The van der Waals surface area contributed by atoms with Gasteiger partial charge in [-0.2, -0.15) is 0 Å². The number of carbonyl (C=O) groups excluding carboxylic acids is 1. The van der Waals surface area contributed by atoms with E-state index in [2.05, 4.69) is 10.3 Å². The second-order valence-corrected chi connectivity index (χ2v) is 4.66. The molecule has 1 aliphatic rings. The molecule has 1 aromatic heterocycles. The molecule has 0 radical (unpaired) electrons. The quantitative estimate of drug-likeness (QED) is 0.898. The largest absolute Gasteiger partial charge is 0.350 e. The van der Waals surface area contributed by atoms with Gasteiger partial charge in [-0.3, -0.25) is 9.78 Å². The van der Waals surface area contributed by atoms with Crippen LogP contribution in [-0.4, -0.2) is 16.9 Å². The Morgan fingerprint density at radius 1 is 1.37 bits per heavy atom. The van der Waals surface area contributed by atoms with Crippen LogP contribution in [0.5, 0.6) is 0 Å². The van der Waals surface area contributed by atoms with Gasteiger partial charge in [0, 0.05) is 18.2 Å². The summed E-state index contributed by atoms with van der Waals surface area (Å²) in [5, 5.41) is 2.93. The number of hydrogen-bond acceptors (Lipinski definition) is 3. The monoisotopic (exact) mass is 305 g/mol. The second kappa shape index (κ2) is 9.13. The van der Waals surface area contributed by atoms with E-state index in [-0.39, 0.29) is 42.7 Å². The number of nitrogens with two attached hydrogens (primary N) is 1. The van der Waals surface area contributed by atoms with Crippen molar-refractivity contribution in [2.45, 2.75) is 38.3 Å². The average molecular weight is 306 g/mol. The van der Waals surface area contributed by atoms with Crippen LogP contribution < -0.4 is 11.1 Å².